The third kappa shape index (κ3) is 9.06. The van der Waals surface area contributed by atoms with E-state index in [0.717, 1.165) is 37.8 Å². The quantitative estimate of drug-likeness (QED) is 0.254. The molecule has 2 heterocycles. The summed E-state index contributed by atoms with van der Waals surface area (Å²) >= 11 is 0. The molecule has 0 aromatic heterocycles. The first-order chi connectivity index (χ1) is 15.1. The van der Waals surface area contributed by atoms with Gasteiger partial charge in [-0.3, -0.25) is 4.79 Å². The molecule has 3 nitrogen and oxygen atoms in total. The van der Waals surface area contributed by atoms with Gasteiger partial charge in [0.1, 0.15) is 0 Å². The Hall–Kier alpha value is -0.570. The van der Waals surface area contributed by atoms with E-state index in [2.05, 4.69) is 37.5 Å². The third-order valence-corrected chi connectivity index (χ3v) is 8.17. The number of hydrogen-bond acceptors (Lipinski definition) is 2. The first-order valence-corrected chi connectivity index (χ1v) is 14.1. The average Bonchev–Trinajstić information content (AvgIpc) is 2.76. The molecule has 31 heavy (non-hydrogen) atoms. The molecule has 2 fully saturated rings. The van der Waals surface area contributed by atoms with Gasteiger partial charge in [-0.15, -0.1) is 0 Å². The molecule has 0 saturated carbocycles. The Morgan fingerprint density at radius 2 is 1.29 bits per heavy atom. The smallest absolute Gasteiger partial charge is 0.222 e. The van der Waals surface area contributed by atoms with E-state index < -0.39 is 0 Å². The van der Waals surface area contributed by atoms with E-state index in [9.17, 15) is 4.79 Å². The maximum Gasteiger partial charge on any atom is 0.222 e. The molecule has 1 atom stereocenters. The van der Waals surface area contributed by atoms with Crippen LogP contribution in [0.3, 0.4) is 0 Å². The van der Waals surface area contributed by atoms with Gasteiger partial charge < -0.3 is 9.80 Å². The van der Waals surface area contributed by atoms with Crippen molar-refractivity contribution in [1.29, 1.82) is 0 Å². The number of likely N-dealkylation sites (tertiary alicyclic amines) is 2. The van der Waals surface area contributed by atoms with E-state index in [1.54, 1.807) is 0 Å². The van der Waals surface area contributed by atoms with Gasteiger partial charge in [0.15, 0.2) is 0 Å². The molecule has 182 valence electrons. The minimum Gasteiger partial charge on any atom is -0.343 e. The van der Waals surface area contributed by atoms with Gasteiger partial charge >= 0.3 is 0 Å². The highest BCUT2D eigenvalue weighted by Crippen LogP contribution is 2.41. The number of rotatable bonds is 16. The summed E-state index contributed by atoms with van der Waals surface area (Å²) in [6, 6.07) is 0. The molecule has 0 bridgehead atoms. The summed E-state index contributed by atoms with van der Waals surface area (Å²) in [7, 11) is 0. The van der Waals surface area contributed by atoms with Gasteiger partial charge in [0, 0.05) is 39.1 Å². The molecule has 1 amide bonds. The van der Waals surface area contributed by atoms with E-state index >= 15 is 0 Å². The zero-order chi connectivity index (χ0) is 22.5. The highest BCUT2D eigenvalue weighted by molar-refractivity contribution is 5.76. The number of unbranched alkanes of at least 4 members (excludes halogenated alkanes) is 3. The van der Waals surface area contributed by atoms with Crippen LogP contribution in [0, 0.1) is 17.3 Å². The van der Waals surface area contributed by atoms with Crippen molar-refractivity contribution in [2.24, 2.45) is 17.3 Å². The zero-order valence-corrected chi connectivity index (χ0v) is 21.6. The summed E-state index contributed by atoms with van der Waals surface area (Å²) in [5, 5.41) is 0. The summed E-state index contributed by atoms with van der Waals surface area (Å²) in [6.07, 6.45) is 19.1. The summed E-state index contributed by atoms with van der Waals surface area (Å²) in [6.45, 7) is 15.1. The molecular weight excluding hydrogens is 380 g/mol. The molecule has 3 heteroatoms. The summed E-state index contributed by atoms with van der Waals surface area (Å²) in [5.41, 5.74) is 0.530. The lowest BCUT2D eigenvalue weighted by Gasteiger charge is -2.55. The topological polar surface area (TPSA) is 23.6 Å². The lowest BCUT2D eigenvalue weighted by Crippen LogP contribution is -2.61. The van der Waals surface area contributed by atoms with Crippen LogP contribution in [0.4, 0.5) is 0 Å². The number of hydrogen-bond donors (Lipinski definition) is 0. The number of carbonyl (C=O) groups excluding carboxylic acids is 1. The minimum absolute atomic E-state index is 0.433. The molecule has 2 aliphatic rings. The molecule has 0 aromatic carbocycles. The van der Waals surface area contributed by atoms with Crippen LogP contribution in [0.25, 0.3) is 0 Å². The Labute approximate surface area is 194 Å². The Morgan fingerprint density at radius 1 is 0.742 bits per heavy atom. The van der Waals surface area contributed by atoms with Gasteiger partial charge in [-0.25, -0.2) is 0 Å². The zero-order valence-electron chi connectivity index (χ0n) is 21.6. The number of amides is 1. The van der Waals surface area contributed by atoms with Crippen molar-refractivity contribution in [2.75, 3.05) is 32.7 Å². The number of piperidine rings is 1. The normalized spacial score (nSPS) is 19.7. The van der Waals surface area contributed by atoms with Crippen LogP contribution in [0.1, 0.15) is 124 Å². The van der Waals surface area contributed by atoms with E-state index in [1.165, 1.54) is 103 Å². The summed E-state index contributed by atoms with van der Waals surface area (Å²) < 4.78 is 0. The Bertz CT molecular complexity index is 467. The fraction of sp³-hybridized carbons (Fsp3) is 0.964. The molecule has 0 radical (unpaired) electrons. The first kappa shape index (κ1) is 26.7. The van der Waals surface area contributed by atoms with E-state index in [1.807, 2.05) is 0 Å². The minimum atomic E-state index is 0.433. The molecule has 0 N–H and O–H groups in total. The fourth-order valence-corrected chi connectivity index (χ4v) is 6.08. The average molecular weight is 435 g/mol. The van der Waals surface area contributed by atoms with Crippen molar-refractivity contribution >= 4 is 5.91 Å². The largest absolute Gasteiger partial charge is 0.343 e. The standard InChI is InChI=1S/C28H54N2O/c1-5-9-13-25(12-8-4)16-17-27(31)30-20-18-28(19-21-30)23-29(24-28)22-26(14-10-6-2)15-11-7-3/h25-26H,5-24H2,1-4H3. The van der Waals surface area contributed by atoms with Crippen LogP contribution in [-0.4, -0.2) is 48.4 Å². The van der Waals surface area contributed by atoms with Crippen LogP contribution in [0.5, 0.6) is 0 Å². The van der Waals surface area contributed by atoms with Crippen LogP contribution >= 0.6 is 0 Å². The lowest BCUT2D eigenvalue weighted by molar-refractivity contribution is -0.136. The third-order valence-electron chi connectivity index (χ3n) is 8.17. The first-order valence-electron chi connectivity index (χ1n) is 14.1. The maximum absolute atomic E-state index is 12.8. The highest BCUT2D eigenvalue weighted by atomic mass is 16.2. The lowest BCUT2D eigenvalue weighted by atomic mass is 9.71. The van der Waals surface area contributed by atoms with Crippen molar-refractivity contribution < 1.29 is 4.79 Å². The Morgan fingerprint density at radius 3 is 1.81 bits per heavy atom. The second kappa shape index (κ2) is 14.6. The number of nitrogens with zero attached hydrogens (tertiary/aromatic N) is 2. The predicted molar refractivity (Wildman–Crippen MR) is 134 cm³/mol. The van der Waals surface area contributed by atoms with Crippen LogP contribution in [0.15, 0.2) is 0 Å². The van der Waals surface area contributed by atoms with Crippen molar-refractivity contribution in [3.63, 3.8) is 0 Å². The monoisotopic (exact) mass is 434 g/mol. The van der Waals surface area contributed by atoms with Gasteiger partial charge in [-0.2, -0.15) is 0 Å². The highest BCUT2D eigenvalue weighted by Gasteiger charge is 2.45. The molecule has 0 aliphatic carbocycles. The van der Waals surface area contributed by atoms with Crippen molar-refractivity contribution in [1.82, 2.24) is 9.80 Å². The van der Waals surface area contributed by atoms with Crippen LogP contribution < -0.4 is 0 Å². The number of carbonyl (C=O) groups is 1. The molecule has 1 unspecified atom stereocenters. The van der Waals surface area contributed by atoms with Gasteiger partial charge in [-0.05, 0) is 49.4 Å². The van der Waals surface area contributed by atoms with Crippen molar-refractivity contribution in [2.45, 2.75) is 124 Å². The molecular formula is C28H54N2O. The van der Waals surface area contributed by atoms with Crippen LogP contribution in [-0.2, 0) is 4.79 Å². The van der Waals surface area contributed by atoms with Gasteiger partial charge in [0.25, 0.3) is 0 Å². The molecule has 1 spiro atoms. The van der Waals surface area contributed by atoms with Crippen molar-refractivity contribution in [3.8, 4) is 0 Å². The van der Waals surface area contributed by atoms with Gasteiger partial charge in [-0.1, -0.05) is 85.5 Å². The fourth-order valence-electron chi connectivity index (χ4n) is 6.08. The second-order valence-corrected chi connectivity index (χ2v) is 11.0. The maximum atomic E-state index is 12.8. The van der Waals surface area contributed by atoms with Crippen LogP contribution in [0.2, 0.25) is 0 Å². The molecule has 2 aliphatic heterocycles. The SMILES string of the molecule is CCCCC(CCC)CCC(=O)N1CCC2(CC1)CN(CC(CCCC)CCCC)C2. The molecule has 0 aromatic rings. The Kier molecular flexibility index (Phi) is 12.5. The second-order valence-electron chi connectivity index (χ2n) is 11.0. The molecule has 2 rings (SSSR count). The summed E-state index contributed by atoms with van der Waals surface area (Å²) in [5.74, 6) is 2.10. The predicted octanol–water partition coefficient (Wildman–Crippen LogP) is 7.29. The Balaban J connectivity index is 1.68. The summed E-state index contributed by atoms with van der Waals surface area (Å²) in [4.78, 5) is 17.8. The van der Waals surface area contributed by atoms with E-state index in [0.29, 0.717) is 11.3 Å². The van der Waals surface area contributed by atoms with Gasteiger partial charge in [0.05, 0.1) is 0 Å². The van der Waals surface area contributed by atoms with E-state index in [4.69, 9.17) is 0 Å². The molecule has 2 saturated heterocycles. The van der Waals surface area contributed by atoms with E-state index in [-0.39, 0.29) is 0 Å². The van der Waals surface area contributed by atoms with Crippen molar-refractivity contribution in [3.05, 3.63) is 0 Å². The van der Waals surface area contributed by atoms with Gasteiger partial charge in [0.2, 0.25) is 5.91 Å².